The number of rotatable bonds is 3. The van der Waals surface area contributed by atoms with Crippen molar-refractivity contribution in [3.8, 4) is 0 Å². The van der Waals surface area contributed by atoms with E-state index in [0.717, 1.165) is 10.9 Å². The summed E-state index contributed by atoms with van der Waals surface area (Å²) in [6.45, 7) is 5.15. The Labute approximate surface area is 112 Å². The molecule has 1 aromatic heterocycles. The average molecular weight is 252 g/mol. The maximum absolute atomic E-state index is 5.94. The largest absolute Gasteiger partial charge is 0.370 e. The van der Waals surface area contributed by atoms with Crippen LogP contribution in [0.25, 0.3) is 10.9 Å². The number of pyridine rings is 1. The second-order valence-corrected chi connectivity index (χ2v) is 4.58. The summed E-state index contributed by atoms with van der Waals surface area (Å²) in [4.78, 5) is 10.9. The molecule has 96 valence electrons. The highest BCUT2D eigenvalue weighted by molar-refractivity contribution is 5.85. The fourth-order valence-electron chi connectivity index (χ4n) is 2.55. The number of fused-ring (bicyclic) bond motifs is 1. The molecule has 0 aliphatic carbocycles. The van der Waals surface area contributed by atoms with E-state index in [1.807, 2.05) is 18.3 Å². The van der Waals surface area contributed by atoms with E-state index in [-0.39, 0.29) is 6.04 Å². The average Bonchev–Trinajstić information content (AvgIpc) is 2.80. The van der Waals surface area contributed by atoms with Crippen molar-refractivity contribution < 1.29 is 0 Å². The monoisotopic (exact) mass is 252 g/mol. The number of nitrogens with zero attached hydrogens (tertiary/aromatic N) is 3. The van der Waals surface area contributed by atoms with Crippen molar-refractivity contribution in [3.63, 3.8) is 0 Å². The topological polar surface area (TPSA) is 54.5 Å². The van der Waals surface area contributed by atoms with Crippen molar-refractivity contribution in [3.05, 3.63) is 54.7 Å². The Hall–Kier alpha value is -2.36. The number of nitrogens with two attached hydrogens (primary N) is 1. The lowest BCUT2D eigenvalue weighted by Crippen LogP contribution is -2.36. The summed E-state index contributed by atoms with van der Waals surface area (Å²) in [5.74, 6) is 0.581. The van der Waals surface area contributed by atoms with Crippen LogP contribution in [0.1, 0.15) is 11.6 Å². The third-order valence-corrected chi connectivity index (χ3v) is 3.45. The van der Waals surface area contributed by atoms with Gasteiger partial charge in [0.25, 0.3) is 0 Å². The summed E-state index contributed by atoms with van der Waals surface area (Å²) in [5, 5.41) is 1.14. The van der Waals surface area contributed by atoms with Crippen LogP contribution in [0, 0.1) is 0 Å². The molecule has 4 heteroatoms. The van der Waals surface area contributed by atoms with E-state index in [1.165, 1.54) is 5.56 Å². The maximum atomic E-state index is 5.94. The van der Waals surface area contributed by atoms with Crippen molar-refractivity contribution in [2.45, 2.75) is 6.04 Å². The van der Waals surface area contributed by atoms with Crippen LogP contribution in [0.15, 0.2) is 54.2 Å². The third-order valence-electron chi connectivity index (χ3n) is 3.45. The first-order valence-corrected chi connectivity index (χ1v) is 6.32. The smallest absolute Gasteiger partial charge is 0.192 e. The van der Waals surface area contributed by atoms with Gasteiger partial charge in [0.15, 0.2) is 5.96 Å². The number of benzene rings is 1. The zero-order valence-corrected chi connectivity index (χ0v) is 10.7. The molecule has 2 N–H and O–H groups in total. The fraction of sp³-hybridized carbons (Fsp3) is 0.200. The Morgan fingerprint density at radius 3 is 3.05 bits per heavy atom. The molecule has 1 unspecified atom stereocenters. The molecule has 19 heavy (non-hydrogen) atoms. The summed E-state index contributed by atoms with van der Waals surface area (Å²) in [7, 11) is 0. The molecule has 0 amide bonds. The second-order valence-electron chi connectivity index (χ2n) is 4.58. The minimum absolute atomic E-state index is 0.150. The molecule has 0 saturated carbocycles. The zero-order chi connectivity index (χ0) is 13.2. The number of hydrogen-bond acceptors (Lipinski definition) is 4. The fourth-order valence-corrected chi connectivity index (χ4v) is 2.55. The Bertz CT molecular complexity index is 642. The first-order chi connectivity index (χ1) is 9.31. The van der Waals surface area contributed by atoms with Gasteiger partial charge < -0.3 is 10.6 Å². The van der Waals surface area contributed by atoms with Gasteiger partial charge >= 0.3 is 0 Å². The van der Waals surface area contributed by atoms with Gasteiger partial charge in [0, 0.05) is 23.7 Å². The van der Waals surface area contributed by atoms with E-state index in [1.54, 1.807) is 0 Å². The molecular formula is C15H16N4. The summed E-state index contributed by atoms with van der Waals surface area (Å²) in [6.07, 6.45) is 3.67. The molecule has 0 saturated heterocycles. The van der Waals surface area contributed by atoms with Crippen molar-refractivity contribution in [2.24, 2.45) is 10.7 Å². The van der Waals surface area contributed by atoms with Gasteiger partial charge in [0.1, 0.15) is 0 Å². The predicted molar refractivity (Wildman–Crippen MR) is 77.9 cm³/mol. The first-order valence-electron chi connectivity index (χ1n) is 6.32. The number of hydrogen-bond donors (Lipinski definition) is 1. The van der Waals surface area contributed by atoms with E-state index < -0.39 is 0 Å². The van der Waals surface area contributed by atoms with Crippen molar-refractivity contribution in [1.82, 2.24) is 9.88 Å². The van der Waals surface area contributed by atoms with Crippen LogP contribution in [0.2, 0.25) is 0 Å². The Morgan fingerprint density at radius 2 is 2.21 bits per heavy atom. The molecule has 0 radical (unpaired) electrons. The van der Waals surface area contributed by atoms with Gasteiger partial charge in [0.2, 0.25) is 0 Å². The van der Waals surface area contributed by atoms with Gasteiger partial charge in [-0.25, -0.2) is 0 Å². The first kappa shape index (κ1) is 11.7. The van der Waals surface area contributed by atoms with Gasteiger partial charge in [-0.1, -0.05) is 30.3 Å². The zero-order valence-electron chi connectivity index (χ0n) is 10.7. The summed E-state index contributed by atoms with van der Waals surface area (Å²) >= 11 is 0. The number of aromatic nitrogens is 1. The minimum Gasteiger partial charge on any atom is -0.370 e. The number of aliphatic imine (C=N–C) groups is 1. The molecule has 0 fully saturated rings. The van der Waals surface area contributed by atoms with E-state index in [4.69, 9.17) is 5.73 Å². The molecule has 2 aromatic rings. The normalized spacial score (nSPS) is 18.6. The van der Waals surface area contributed by atoms with Crippen LogP contribution in [-0.4, -0.2) is 28.9 Å². The summed E-state index contributed by atoms with van der Waals surface area (Å²) < 4.78 is 0. The Balaban J connectivity index is 2.07. The second kappa shape index (κ2) is 4.72. The standard InChI is InChI=1S/C15H16N4/c1-2-9-19-13(10-18-15(19)16)12-7-3-5-11-6-4-8-17-14(11)12/h2-8,13H,1,9-10H2,(H2,16,18). The van der Waals surface area contributed by atoms with Gasteiger partial charge in [-0.15, -0.1) is 6.58 Å². The van der Waals surface area contributed by atoms with Crippen LogP contribution in [0.5, 0.6) is 0 Å². The van der Waals surface area contributed by atoms with Crippen molar-refractivity contribution in [2.75, 3.05) is 13.1 Å². The maximum Gasteiger partial charge on any atom is 0.192 e. The van der Waals surface area contributed by atoms with Crippen LogP contribution < -0.4 is 5.73 Å². The highest BCUT2D eigenvalue weighted by Gasteiger charge is 2.27. The molecule has 3 rings (SSSR count). The molecule has 1 aliphatic heterocycles. The quantitative estimate of drug-likeness (QED) is 0.851. The molecule has 0 spiro atoms. The van der Waals surface area contributed by atoms with Gasteiger partial charge in [-0.05, 0) is 6.07 Å². The van der Waals surface area contributed by atoms with E-state index >= 15 is 0 Å². The summed E-state index contributed by atoms with van der Waals surface area (Å²) in [5.41, 5.74) is 8.14. The number of guanidine groups is 1. The van der Waals surface area contributed by atoms with Gasteiger partial charge in [-0.3, -0.25) is 9.98 Å². The van der Waals surface area contributed by atoms with Crippen molar-refractivity contribution in [1.29, 1.82) is 0 Å². The van der Waals surface area contributed by atoms with Crippen LogP contribution >= 0.6 is 0 Å². The highest BCUT2D eigenvalue weighted by Crippen LogP contribution is 2.29. The molecule has 4 nitrogen and oxygen atoms in total. The van der Waals surface area contributed by atoms with Gasteiger partial charge in [-0.2, -0.15) is 0 Å². The lowest BCUT2D eigenvalue weighted by Gasteiger charge is -2.25. The molecule has 1 aliphatic rings. The predicted octanol–water partition coefficient (Wildman–Crippen LogP) is 2.09. The van der Waals surface area contributed by atoms with Crippen molar-refractivity contribution >= 4 is 16.9 Å². The number of para-hydroxylation sites is 1. The Kier molecular flexibility index (Phi) is 2.91. The molecular weight excluding hydrogens is 236 g/mol. The third kappa shape index (κ3) is 1.95. The van der Waals surface area contributed by atoms with Gasteiger partial charge in [0.05, 0.1) is 18.1 Å². The van der Waals surface area contributed by atoms with E-state index in [0.29, 0.717) is 19.0 Å². The lowest BCUT2D eigenvalue weighted by atomic mass is 10.0. The SMILES string of the molecule is C=CCN1C(N)=NCC1c1cccc2cccnc12. The van der Waals surface area contributed by atoms with E-state index in [9.17, 15) is 0 Å². The summed E-state index contributed by atoms with van der Waals surface area (Å²) in [6, 6.07) is 10.4. The van der Waals surface area contributed by atoms with Crippen LogP contribution in [0.4, 0.5) is 0 Å². The lowest BCUT2D eigenvalue weighted by molar-refractivity contribution is 0.382. The highest BCUT2D eigenvalue weighted by atomic mass is 15.3. The van der Waals surface area contributed by atoms with Crippen LogP contribution in [-0.2, 0) is 0 Å². The minimum atomic E-state index is 0.150. The molecule has 2 heterocycles. The molecule has 1 aromatic carbocycles. The Morgan fingerprint density at radius 1 is 1.37 bits per heavy atom. The van der Waals surface area contributed by atoms with E-state index in [2.05, 4.69) is 45.7 Å². The molecule has 0 bridgehead atoms. The van der Waals surface area contributed by atoms with Crippen LogP contribution in [0.3, 0.4) is 0 Å². The molecule has 1 atom stereocenters.